The van der Waals surface area contributed by atoms with Gasteiger partial charge in [-0.3, -0.25) is 0 Å². The van der Waals surface area contributed by atoms with Crippen LogP contribution in [0.15, 0.2) is 95.5 Å². The van der Waals surface area contributed by atoms with Gasteiger partial charge in [-0.05, 0) is 0 Å². The molecular weight excluding hydrogens is 554 g/mol. The molecule has 0 aliphatic carbocycles. The predicted octanol–water partition coefficient (Wildman–Crippen LogP) is 7.65. The molecular formula is C36H33FGeNO+. The first-order valence-electron chi connectivity index (χ1n) is 14.0. The van der Waals surface area contributed by atoms with Crippen molar-refractivity contribution in [3.63, 3.8) is 0 Å². The summed E-state index contributed by atoms with van der Waals surface area (Å²) < 4.78 is 27.7. The van der Waals surface area contributed by atoms with E-state index in [2.05, 4.69) is 97.5 Å². The minimum absolute atomic E-state index is 0.173. The summed E-state index contributed by atoms with van der Waals surface area (Å²) in [6.45, 7) is 6.71. The summed E-state index contributed by atoms with van der Waals surface area (Å²) in [5.74, 6) is 4.69. The molecule has 40 heavy (non-hydrogen) atoms. The van der Waals surface area contributed by atoms with Crippen molar-refractivity contribution in [3.8, 4) is 22.4 Å². The van der Waals surface area contributed by atoms with Crippen LogP contribution >= 0.6 is 0 Å². The van der Waals surface area contributed by atoms with Gasteiger partial charge < -0.3 is 0 Å². The first-order valence-corrected chi connectivity index (χ1v) is 20.2. The summed E-state index contributed by atoms with van der Waals surface area (Å²) in [6.07, 6.45) is 2.04. The van der Waals surface area contributed by atoms with E-state index in [0.717, 1.165) is 38.7 Å². The Hall–Kier alpha value is -3.70. The molecule has 0 amide bonds. The predicted molar refractivity (Wildman–Crippen MR) is 166 cm³/mol. The normalized spacial score (nSPS) is 15.3. The first kappa shape index (κ1) is 25.3. The molecule has 198 valence electrons. The standard InChI is InChI=1S/C36H33FGeNO/c1-22-14-16-24-25-17-18-28(37)33(35(25)40-34(24)32(22)31-13-9-10-20-39(31)6)23-15-19-30-27(21-23)36(2,3)26-11-7-8-12-29(26)38(30,4)5/h7-21H,1-6H3/q+1. The van der Waals surface area contributed by atoms with E-state index in [4.69, 9.17) is 4.42 Å². The van der Waals surface area contributed by atoms with Crippen LogP contribution in [0.1, 0.15) is 30.5 Å². The number of aryl methyl sites for hydroxylation is 2. The average Bonchev–Trinajstić information content (AvgIpc) is 3.31. The number of rotatable bonds is 2. The van der Waals surface area contributed by atoms with Crippen LogP contribution in [0.2, 0.25) is 11.5 Å². The third kappa shape index (κ3) is 3.43. The van der Waals surface area contributed by atoms with Gasteiger partial charge in [-0.15, -0.1) is 0 Å². The maximum absolute atomic E-state index is 15.9. The Labute approximate surface area is 237 Å². The fourth-order valence-electron chi connectivity index (χ4n) is 6.97. The van der Waals surface area contributed by atoms with E-state index >= 15 is 4.39 Å². The van der Waals surface area contributed by atoms with Crippen molar-refractivity contribution >= 4 is 44.0 Å². The Kier molecular flexibility index (Phi) is 5.47. The zero-order valence-corrected chi connectivity index (χ0v) is 26.0. The number of hydrogen-bond acceptors (Lipinski definition) is 1. The minimum atomic E-state index is -2.53. The van der Waals surface area contributed by atoms with Crippen molar-refractivity contribution in [2.24, 2.45) is 7.05 Å². The van der Waals surface area contributed by atoms with Gasteiger partial charge in [0.2, 0.25) is 0 Å². The second kappa shape index (κ2) is 8.65. The topological polar surface area (TPSA) is 17.0 Å². The molecule has 1 aliphatic rings. The summed E-state index contributed by atoms with van der Waals surface area (Å²) in [5, 5.41) is 1.94. The molecule has 0 saturated carbocycles. The summed E-state index contributed by atoms with van der Waals surface area (Å²) in [7, 11) is 2.04. The molecule has 2 nitrogen and oxygen atoms in total. The monoisotopic (exact) mass is 588 g/mol. The number of halogens is 1. The Bertz CT molecular complexity index is 2000. The van der Waals surface area contributed by atoms with Crippen molar-refractivity contribution in [3.05, 3.63) is 114 Å². The van der Waals surface area contributed by atoms with Gasteiger partial charge in [0.15, 0.2) is 0 Å². The van der Waals surface area contributed by atoms with Crippen molar-refractivity contribution in [1.29, 1.82) is 0 Å². The molecule has 0 bridgehead atoms. The number of hydrogen-bond donors (Lipinski definition) is 0. The van der Waals surface area contributed by atoms with E-state index in [1.54, 1.807) is 6.07 Å². The molecule has 0 unspecified atom stereocenters. The quantitative estimate of drug-likeness (QED) is 0.150. The number of benzene rings is 4. The van der Waals surface area contributed by atoms with Crippen LogP contribution in [0.3, 0.4) is 0 Å². The molecule has 4 aromatic carbocycles. The zero-order chi connectivity index (χ0) is 28.0. The molecule has 0 spiro atoms. The van der Waals surface area contributed by atoms with Crippen LogP contribution < -0.4 is 13.4 Å². The molecule has 0 atom stereocenters. The zero-order valence-electron chi connectivity index (χ0n) is 23.9. The van der Waals surface area contributed by atoms with Gasteiger partial charge in [0.25, 0.3) is 0 Å². The summed E-state index contributed by atoms with van der Waals surface area (Å²) >= 11 is -2.53. The number of aromatic nitrogens is 1. The molecule has 6 aromatic rings. The number of pyridine rings is 1. The van der Waals surface area contributed by atoms with Crippen LogP contribution in [0.5, 0.6) is 0 Å². The Morgan fingerprint density at radius 2 is 1.43 bits per heavy atom. The molecule has 7 rings (SSSR count). The van der Waals surface area contributed by atoms with Gasteiger partial charge in [0, 0.05) is 6.07 Å². The van der Waals surface area contributed by atoms with Gasteiger partial charge in [-0.1, -0.05) is 0 Å². The molecule has 4 heteroatoms. The molecule has 0 radical (unpaired) electrons. The van der Waals surface area contributed by atoms with E-state index in [-0.39, 0.29) is 11.2 Å². The van der Waals surface area contributed by atoms with Crippen molar-refractivity contribution in [2.75, 3.05) is 0 Å². The van der Waals surface area contributed by atoms with Crippen LogP contribution in [0.25, 0.3) is 44.3 Å². The van der Waals surface area contributed by atoms with E-state index in [9.17, 15) is 0 Å². The Morgan fingerprint density at radius 3 is 2.20 bits per heavy atom. The van der Waals surface area contributed by atoms with Crippen molar-refractivity contribution < 1.29 is 13.4 Å². The summed E-state index contributed by atoms with van der Waals surface area (Å²) in [5.41, 5.74) is 8.59. The van der Waals surface area contributed by atoms with Crippen LogP contribution in [-0.2, 0) is 12.5 Å². The van der Waals surface area contributed by atoms with Crippen molar-refractivity contribution in [1.82, 2.24) is 0 Å². The van der Waals surface area contributed by atoms with Gasteiger partial charge in [-0.2, -0.15) is 0 Å². The molecule has 1 aliphatic heterocycles. The van der Waals surface area contributed by atoms with Gasteiger partial charge in [-0.25, -0.2) is 0 Å². The summed E-state index contributed by atoms with van der Waals surface area (Å²) in [4.78, 5) is 0. The molecule has 0 fully saturated rings. The van der Waals surface area contributed by atoms with E-state index in [1.807, 2.05) is 31.4 Å². The Balaban J connectivity index is 1.51. The van der Waals surface area contributed by atoms with Crippen LogP contribution in [0, 0.1) is 12.7 Å². The Morgan fingerprint density at radius 1 is 0.750 bits per heavy atom. The fraction of sp³-hybridized carbons (Fsp3) is 0.194. The summed E-state index contributed by atoms with van der Waals surface area (Å²) in [6, 6.07) is 29.4. The van der Waals surface area contributed by atoms with E-state index in [1.165, 1.54) is 19.9 Å². The molecule has 0 saturated heterocycles. The molecule has 3 heterocycles. The van der Waals surface area contributed by atoms with Gasteiger partial charge >= 0.3 is 232 Å². The second-order valence-corrected chi connectivity index (χ2v) is 21.4. The number of fused-ring (bicyclic) bond motifs is 5. The van der Waals surface area contributed by atoms with Crippen molar-refractivity contribution in [2.45, 2.75) is 37.7 Å². The fourth-order valence-corrected chi connectivity index (χ4v) is 14.2. The third-order valence-corrected chi connectivity index (χ3v) is 16.7. The molecule has 2 aromatic heterocycles. The number of furan rings is 1. The SMILES string of the molecule is Cc1ccc2c(oc3c(-c4cc[c]5c(c4)C(C)(C)c4cccc[c]4[Ge]5([CH3])[CH3])c(F)ccc32)c1-c1cccc[n+]1C. The van der Waals surface area contributed by atoms with E-state index < -0.39 is 13.3 Å². The molecule has 0 N–H and O–H groups in total. The van der Waals surface area contributed by atoms with Crippen LogP contribution in [0.4, 0.5) is 4.39 Å². The number of nitrogens with zero attached hydrogens (tertiary/aromatic N) is 1. The third-order valence-electron chi connectivity index (χ3n) is 9.21. The van der Waals surface area contributed by atoms with Gasteiger partial charge in [0.05, 0.1) is 0 Å². The average molecular weight is 587 g/mol. The van der Waals surface area contributed by atoms with E-state index in [0.29, 0.717) is 11.1 Å². The maximum atomic E-state index is 15.9. The first-order chi connectivity index (χ1) is 19.1. The van der Waals surface area contributed by atoms with Crippen LogP contribution in [-0.4, -0.2) is 13.3 Å². The second-order valence-electron chi connectivity index (χ2n) is 12.3. The van der Waals surface area contributed by atoms with Gasteiger partial charge in [0.1, 0.15) is 0 Å².